The Bertz CT molecular complexity index is 977. The molecule has 1 aliphatic rings. The van der Waals surface area contributed by atoms with Crippen LogP contribution in [0.25, 0.3) is 22.3 Å². The lowest BCUT2D eigenvalue weighted by molar-refractivity contribution is 0.171. The van der Waals surface area contributed by atoms with Crippen LogP contribution in [-0.2, 0) is 0 Å². The Kier molecular flexibility index (Phi) is 3.16. The molecular formula is C17H11ClO5. The summed E-state index contributed by atoms with van der Waals surface area (Å²) in [5.41, 5.74) is 0.323. The van der Waals surface area contributed by atoms with Gasteiger partial charge < -0.3 is 19.0 Å². The van der Waals surface area contributed by atoms with E-state index in [9.17, 15) is 9.90 Å². The molecule has 1 aromatic heterocycles. The van der Waals surface area contributed by atoms with Crippen LogP contribution in [0.15, 0.2) is 45.6 Å². The van der Waals surface area contributed by atoms with E-state index in [-0.39, 0.29) is 11.1 Å². The fraction of sp³-hybridized carbons (Fsp3) is 0.118. The number of hydrogen-bond acceptors (Lipinski definition) is 5. The molecule has 0 unspecified atom stereocenters. The first-order valence-electron chi connectivity index (χ1n) is 6.99. The second-order valence-corrected chi connectivity index (χ2v) is 5.54. The van der Waals surface area contributed by atoms with Crippen molar-refractivity contribution < 1.29 is 19.0 Å². The molecular weight excluding hydrogens is 320 g/mol. The minimum absolute atomic E-state index is 0.0711. The fourth-order valence-corrected chi connectivity index (χ4v) is 2.70. The van der Waals surface area contributed by atoms with Crippen molar-refractivity contribution in [3.63, 3.8) is 0 Å². The van der Waals surface area contributed by atoms with Crippen LogP contribution in [0.2, 0.25) is 5.02 Å². The molecule has 3 aromatic rings. The molecule has 0 saturated heterocycles. The summed E-state index contributed by atoms with van der Waals surface area (Å²) < 4.78 is 16.7. The lowest BCUT2D eigenvalue weighted by Crippen LogP contribution is -2.15. The molecule has 4 rings (SSSR count). The van der Waals surface area contributed by atoms with Gasteiger partial charge in [-0.3, -0.25) is 4.79 Å². The molecule has 6 heteroatoms. The summed E-state index contributed by atoms with van der Waals surface area (Å²) in [5.74, 6) is 0.783. The first kappa shape index (κ1) is 14.0. The first-order valence-corrected chi connectivity index (χ1v) is 7.36. The second kappa shape index (κ2) is 5.21. The zero-order valence-electron chi connectivity index (χ0n) is 11.8. The largest absolute Gasteiger partial charge is 0.502 e. The van der Waals surface area contributed by atoms with Crippen molar-refractivity contribution in [2.75, 3.05) is 13.2 Å². The van der Waals surface area contributed by atoms with Gasteiger partial charge in [-0.1, -0.05) is 11.6 Å². The Morgan fingerprint density at radius 1 is 1.00 bits per heavy atom. The average Bonchev–Trinajstić information content (AvgIpc) is 2.57. The molecule has 0 fully saturated rings. The lowest BCUT2D eigenvalue weighted by atomic mass is 10.1. The number of aromatic hydroxyl groups is 1. The molecule has 5 nitrogen and oxygen atoms in total. The number of benzene rings is 2. The minimum atomic E-state index is -0.507. The highest BCUT2D eigenvalue weighted by atomic mass is 35.5. The van der Waals surface area contributed by atoms with Gasteiger partial charge in [0, 0.05) is 16.7 Å². The Morgan fingerprint density at radius 3 is 2.61 bits per heavy atom. The van der Waals surface area contributed by atoms with Crippen LogP contribution in [0.3, 0.4) is 0 Å². The monoisotopic (exact) mass is 330 g/mol. The summed E-state index contributed by atoms with van der Waals surface area (Å²) in [4.78, 5) is 12.3. The summed E-state index contributed by atoms with van der Waals surface area (Å²) in [6.45, 7) is 0.931. The van der Waals surface area contributed by atoms with Crippen LogP contribution in [0.1, 0.15) is 0 Å². The maximum Gasteiger partial charge on any atom is 0.235 e. The maximum atomic E-state index is 12.3. The van der Waals surface area contributed by atoms with Crippen LogP contribution >= 0.6 is 11.6 Å². The van der Waals surface area contributed by atoms with Gasteiger partial charge in [0.05, 0.1) is 5.39 Å². The van der Waals surface area contributed by atoms with E-state index in [1.54, 1.807) is 30.3 Å². The van der Waals surface area contributed by atoms with Crippen molar-refractivity contribution in [1.82, 2.24) is 0 Å². The normalized spacial score (nSPS) is 13.3. The van der Waals surface area contributed by atoms with Gasteiger partial charge in [-0.15, -0.1) is 0 Å². The van der Waals surface area contributed by atoms with E-state index in [1.165, 1.54) is 6.07 Å². The molecule has 0 bridgehead atoms. The van der Waals surface area contributed by atoms with Crippen LogP contribution < -0.4 is 14.9 Å². The number of halogens is 1. The van der Waals surface area contributed by atoms with Crippen LogP contribution in [0.5, 0.6) is 17.2 Å². The standard InChI is InChI=1S/C17H11ClO5/c18-10-2-3-11-13(8-10)23-17(16(20)15(11)19)9-1-4-12-14(7-9)22-6-5-21-12/h1-4,7-8,20H,5-6H2. The van der Waals surface area contributed by atoms with Crippen molar-refractivity contribution in [2.45, 2.75) is 0 Å². The van der Waals surface area contributed by atoms with Gasteiger partial charge in [-0.05, 0) is 30.3 Å². The predicted octanol–water partition coefficient (Wildman–Crippen LogP) is 3.59. The molecule has 0 saturated carbocycles. The van der Waals surface area contributed by atoms with E-state index in [0.29, 0.717) is 40.9 Å². The van der Waals surface area contributed by atoms with Gasteiger partial charge in [0.2, 0.25) is 11.2 Å². The molecule has 116 valence electrons. The van der Waals surface area contributed by atoms with Crippen molar-refractivity contribution in [3.05, 3.63) is 51.6 Å². The third-order valence-electron chi connectivity index (χ3n) is 3.63. The third kappa shape index (κ3) is 2.29. The SMILES string of the molecule is O=c1c(O)c(-c2ccc3c(c2)OCCO3)oc2cc(Cl)ccc12. The maximum absolute atomic E-state index is 12.3. The van der Waals surface area contributed by atoms with E-state index in [0.717, 1.165) is 0 Å². The smallest absolute Gasteiger partial charge is 0.235 e. The molecule has 23 heavy (non-hydrogen) atoms. The van der Waals surface area contributed by atoms with E-state index in [4.69, 9.17) is 25.5 Å². The van der Waals surface area contributed by atoms with Gasteiger partial charge >= 0.3 is 0 Å². The Labute approximate surface area is 135 Å². The van der Waals surface area contributed by atoms with E-state index in [2.05, 4.69) is 0 Å². The summed E-state index contributed by atoms with van der Waals surface area (Å²) >= 11 is 5.94. The van der Waals surface area contributed by atoms with Crippen LogP contribution in [0.4, 0.5) is 0 Å². The number of fused-ring (bicyclic) bond motifs is 2. The minimum Gasteiger partial charge on any atom is -0.502 e. The molecule has 1 N–H and O–H groups in total. The van der Waals surface area contributed by atoms with Crippen LogP contribution in [0, 0.1) is 0 Å². The van der Waals surface area contributed by atoms with Gasteiger partial charge in [-0.25, -0.2) is 0 Å². The Morgan fingerprint density at radius 2 is 1.78 bits per heavy atom. The van der Waals surface area contributed by atoms with Gasteiger partial charge in [-0.2, -0.15) is 0 Å². The van der Waals surface area contributed by atoms with Crippen molar-refractivity contribution >= 4 is 22.6 Å². The molecule has 2 aromatic carbocycles. The van der Waals surface area contributed by atoms with E-state index < -0.39 is 11.2 Å². The third-order valence-corrected chi connectivity index (χ3v) is 3.87. The molecule has 2 heterocycles. The highest BCUT2D eigenvalue weighted by Crippen LogP contribution is 2.37. The van der Waals surface area contributed by atoms with E-state index >= 15 is 0 Å². The first-order chi connectivity index (χ1) is 11.1. The van der Waals surface area contributed by atoms with Crippen LogP contribution in [-0.4, -0.2) is 18.3 Å². The number of rotatable bonds is 1. The van der Waals surface area contributed by atoms with Gasteiger partial charge in [0.1, 0.15) is 18.8 Å². The Balaban J connectivity index is 1.95. The summed E-state index contributed by atoms with van der Waals surface area (Å²) in [5, 5.41) is 10.9. The highest BCUT2D eigenvalue weighted by Gasteiger charge is 2.19. The van der Waals surface area contributed by atoms with Gasteiger partial charge in [0.25, 0.3) is 0 Å². The number of ether oxygens (including phenoxy) is 2. The molecule has 0 radical (unpaired) electrons. The van der Waals surface area contributed by atoms with Crippen molar-refractivity contribution in [2.24, 2.45) is 0 Å². The van der Waals surface area contributed by atoms with Crippen molar-refractivity contribution in [1.29, 1.82) is 0 Å². The molecule has 1 aliphatic heterocycles. The quantitative estimate of drug-likeness (QED) is 0.738. The second-order valence-electron chi connectivity index (χ2n) is 5.11. The molecule has 0 amide bonds. The fourth-order valence-electron chi connectivity index (χ4n) is 2.54. The molecule has 0 aliphatic carbocycles. The zero-order chi connectivity index (χ0) is 16.0. The number of hydrogen-bond donors (Lipinski definition) is 1. The summed E-state index contributed by atoms with van der Waals surface area (Å²) in [7, 11) is 0. The summed E-state index contributed by atoms with van der Waals surface area (Å²) in [6.07, 6.45) is 0. The average molecular weight is 331 g/mol. The molecule has 0 spiro atoms. The van der Waals surface area contributed by atoms with Crippen molar-refractivity contribution in [3.8, 4) is 28.6 Å². The lowest BCUT2D eigenvalue weighted by Gasteiger charge is -2.18. The predicted molar refractivity (Wildman–Crippen MR) is 85.6 cm³/mol. The summed E-state index contributed by atoms with van der Waals surface area (Å²) in [6, 6.07) is 9.72. The van der Waals surface area contributed by atoms with E-state index in [1.807, 2.05) is 0 Å². The zero-order valence-corrected chi connectivity index (χ0v) is 12.6. The Hall–Kier alpha value is -2.66. The molecule has 0 atom stereocenters. The van der Waals surface area contributed by atoms with Gasteiger partial charge in [0.15, 0.2) is 17.3 Å². The highest BCUT2D eigenvalue weighted by molar-refractivity contribution is 6.31. The topological polar surface area (TPSA) is 68.9 Å².